The van der Waals surface area contributed by atoms with Gasteiger partial charge in [0.25, 0.3) is 0 Å². The van der Waals surface area contributed by atoms with Gasteiger partial charge in [-0.1, -0.05) is 6.07 Å². The minimum atomic E-state index is 0.768. The van der Waals surface area contributed by atoms with Gasteiger partial charge in [-0.2, -0.15) is 11.3 Å². The lowest BCUT2D eigenvalue weighted by atomic mass is 10.2. The first kappa shape index (κ1) is 13.9. The van der Waals surface area contributed by atoms with Gasteiger partial charge < -0.3 is 14.8 Å². The molecule has 1 heterocycles. The number of methoxy groups -OCH3 is 2. The Hall–Kier alpha value is -1.52. The maximum Gasteiger partial charge on any atom is 0.161 e. The Morgan fingerprint density at radius 1 is 1.05 bits per heavy atom. The van der Waals surface area contributed by atoms with Crippen LogP contribution in [-0.4, -0.2) is 20.8 Å². The molecule has 1 aromatic heterocycles. The van der Waals surface area contributed by atoms with E-state index in [0.717, 1.165) is 31.0 Å². The Kier molecular flexibility index (Phi) is 5.24. The fourth-order valence-corrected chi connectivity index (χ4v) is 2.59. The average molecular weight is 277 g/mol. The van der Waals surface area contributed by atoms with E-state index in [-0.39, 0.29) is 0 Å². The van der Waals surface area contributed by atoms with Crippen molar-refractivity contribution >= 4 is 11.3 Å². The Labute approximate surface area is 118 Å². The molecule has 0 aliphatic carbocycles. The highest BCUT2D eigenvalue weighted by Crippen LogP contribution is 2.27. The third kappa shape index (κ3) is 3.98. The van der Waals surface area contributed by atoms with Gasteiger partial charge in [0.15, 0.2) is 11.5 Å². The van der Waals surface area contributed by atoms with Gasteiger partial charge in [-0.3, -0.25) is 0 Å². The van der Waals surface area contributed by atoms with E-state index in [0.29, 0.717) is 0 Å². The highest BCUT2D eigenvalue weighted by atomic mass is 32.1. The smallest absolute Gasteiger partial charge is 0.161 e. The van der Waals surface area contributed by atoms with Gasteiger partial charge in [-0.05, 0) is 53.1 Å². The number of benzene rings is 1. The molecule has 0 saturated carbocycles. The molecule has 0 aliphatic rings. The van der Waals surface area contributed by atoms with Gasteiger partial charge >= 0.3 is 0 Å². The summed E-state index contributed by atoms with van der Waals surface area (Å²) in [6.07, 6.45) is 1.07. The molecule has 4 heteroatoms. The summed E-state index contributed by atoms with van der Waals surface area (Å²) in [5, 5.41) is 7.74. The molecule has 102 valence electrons. The second-order valence-electron chi connectivity index (χ2n) is 4.25. The van der Waals surface area contributed by atoms with Gasteiger partial charge in [0.1, 0.15) is 0 Å². The van der Waals surface area contributed by atoms with Crippen LogP contribution in [0.5, 0.6) is 11.5 Å². The molecule has 0 aliphatic heterocycles. The Morgan fingerprint density at radius 3 is 2.58 bits per heavy atom. The van der Waals surface area contributed by atoms with Gasteiger partial charge in [-0.15, -0.1) is 0 Å². The van der Waals surface area contributed by atoms with Gasteiger partial charge in [0, 0.05) is 6.54 Å². The molecule has 0 saturated heterocycles. The molecular formula is C15H19NO2S. The molecule has 19 heavy (non-hydrogen) atoms. The van der Waals surface area contributed by atoms with Crippen LogP contribution in [0.25, 0.3) is 0 Å². The fourth-order valence-electron chi connectivity index (χ4n) is 1.89. The molecule has 0 atom stereocenters. The predicted octanol–water partition coefficient (Wildman–Crippen LogP) is 3.10. The van der Waals surface area contributed by atoms with E-state index in [1.54, 1.807) is 25.6 Å². The van der Waals surface area contributed by atoms with Crippen molar-refractivity contribution in [1.29, 1.82) is 0 Å². The topological polar surface area (TPSA) is 30.5 Å². The first-order valence-electron chi connectivity index (χ1n) is 6.26. The molecule has 0 spiro atoms. The van der Waals surface area contributed by atoms with Crippen molar-refractivity contribution in [3.63, 3.8) is 0 Å². The quantitative estimate of drug-likeness (QED) is 0.789. The molecule has 3 nitrogen and oxygen atoms in total. The van der Waals surface area contributed by atoms with Crippen LogP contribution in [0.15, 0.2) is 35.0 Å². The van der Waals surface area contributed by atoms with Crippen LogP contribution in [0.2, 0.25) is 0 Å². The molecule has 1 aromatic carbocycles. The van der Waals surface area contributed by atoms with E-state index in [2.05, 4.69) is 28.2 Å². The lowest BCUT2D eigenvalue weighted by Gasteiger charge is -2.10. The van der Waals surface area contributed by atoms with Crippen molar-refractivity contribution in [3.05, 3.63) is 46.2 Å². The highest BCUT2D eigenvalue weighted by molar-refractivity contribution is 7.07. The number of thiophene rings is 1. The Morgan fingerprint density at radius 2 is 1.89 bits per heavy atom. The standard InChI is InChI=1S/C15H19NO2S/c1-17-14-4-3-13(9-15(14)18-2)10-16-7-5-12-6-8-19-11-12/h3-4,6,8-9,11,16H,5,7,10H2,1-2H3. The van der Waals surface area contributed by atoms with Gasteiger partial charge in [-0.25, -0.2) is 0 Å². The fraction of sp³-hybridized carbons (Fsp3) is 0.333. The van der Waals surface area contributed by atoms with E-state index >= 15 is 0 Å². The lowest BCUT2D eigenvalue weighted by molar-refractivity contribution is 0.354. The third-order valence-electron chi connectivity index (χ3n) is 2.95. The summed E-state index contributed by atoms with van der Waals surface area (Å²) in [5.74, 6) is 1.55. The second kappa shape index (κ2) is 7.16. The zero-order chi connectivity index (χ0) is 13.5. The van der Waals surface area contributed by atoms with Gasteiger partial charge in [0.05, 0.1) is 14.2 Å². The van der Waals surface area contributed by atoms with Crippen molar-refractivity contribution < 1.29 is 9.47 Å². The van der Waals surface area contributed by atoms with Crippen LogP contribution < -0.4 is 14.8 Å². The van der Waals surface area contributed by atoms with Crippen LogP contribution in [0.3, 0.4) is 0 Å². The summed E-state index contributed by atoms with van der Waals surface area (Å²) in [6, 6.07) is 8.17. The van der Waals surface area contributed by atoms with Crippen molar-refractivity contribution in [2.75, 3.05) is 20.8 Å². The molecule has 0 unspecified atom stereocenters. The monoisotopic (exact) mass is 277 g/mol. The zero-order valence-corrected chi connectivity index (χ0v) is 12.1. The van der Waals surface area contributed by atoms with Crippen LogP contribution in [0.4, 0.5) is 0 Å². The number of nitrogens with one attached hydrogen (secondary N) is 1. The summed E-state index contributed by atoms with van der Waals surface area (Å²) >= 11 is 1.74. The minimum absolute atomic E-state index is 0.768. The number of rotatable bonds is 7. The number of ether oxygens (including phenoxy) is 2. The number of hydrogen-bond donors (Lipinski definition) is 1. The molecule has 1 N–H and O–H groups in total. The van der Waals surface area contributed by atoms with Crippen LogP contribution in [0.1, 0.15) is 11.1 Å². The molecule has 2 rings (SSSR count). The number of hydrogen-bond acceptors (Lipinski definition) is 4. The first-order valence-corrected chi connectivity index (χ1v) is 7.20. The predicted molar refractivity (Wildman–Crippen MR) is 79.3 cm³/mol. The molecule has 0 bridgehead atoms. The summed E-state index contributed by atoms with van der Waals surface area (Å²) < 4.78 is 10.5. The maximum atomic E-state index is 5.29. The molecule has 0 fully saturated rings. The summed E-state index contributed by atoms with van der Waals surface area (Å²) in [5.41, 5.74) is 2.59. The first-order chi connectivity index (χ1) is 9.33. The van der Waals surface area contributed by atoms with E-state index < -0.39 is 0 Å². The highest BCUT2D eigenvalue weighted by Gasteiger charge is 2.04. The van der Waals surface area contributed by atoms with Crippen molar-refractivity contribution in [2.24, 2.45) is 0 Å². The molecule has 0 amide bonds. The van der Waals surface area contributed by atoms with E-state index in [9.17, 15) is 0 Å². The SMILES string of the molecule is COc1ccc(CNCCc2ccsc2)cc1OC. The maximum absolute atomic E-state index is 5.29. The molecule has 2 aromatic rings. The van der Waals surface area contributed by atoms with Crippen molar-refractivity contribution in [2.45, 2.75) is 13.0 Å². The van der Waals surface area contributed by atoms with E-state index in [1.807, 2.05) is 12.1 Å². The van der Waals surface area contributed by atoms with Crippen molar-refractivity contribution in [3.8, 4) is 11.5 Å². The van der Waals surface area contributed by atoms with Gasteiger partial charge in [0.2, 0.25) is 0 Å². The minimum Gasteiger partial charge on any atom is -0.493 e. The largest absolute Gasteiger partial charge is 0.493 e. The lowest BCUT2D eigenvalue weighted by Crippen LogP contribution is -2.16. The average Bonchev–Trinajstić information content (AvgIpc) is 2.96. The van der Waals surface area contributed by atoms with Crippen LogP contribution >= 0.6 is 11.3 Å². The summed E-state index contributed by atoms with van der Waals surface area (Å²) in [7, 11) is 3.31. The summed E-state index contributed by atoms with van der Waals surface area (Å²) in [4.78, 5) is 0. The Bertz CT molecular complexity index is 497. The molecular weight excluding hydrogens is 258 g/mol. The van der Waals surface area contributed by atoms with E-state index in [1.165, 1.54) is 11.1 Å². The molecule has 0 radical (unpaired) electrons. The van der Waals surface area contributed by atoms with E-state index in [4.69, 9.17) is 9.47 Å². The van der Waals surface area contributed by atoms with Crippen LogP contribution in [0, 0.1) is 0 Å². The Balaban J connectivity index is 1.82. The van der Waals surface area contributed by atoms with Crippen LogP contribution in [-0.2, 0) is 13.0 Å². The zero-order valence-electron chi connectivity index (χ0n) is 11.3. The third-order valence-corrected chi connectivity index (χ3v) is 3.68. The summed E-state index contributed by atoms with van der Waals surface area (Å²) in [6.45, 7) is 1.82. The normalized spacial score (nSPS) is 10.4. The van der Waals surface area contributed by atoms with Crippen molar-refractivity contribution in [1.82, 2.24) is 5.32 Å². The second-order valence-corrected chi connectivity index (χ2v) is 5.03.